The van der Waals surface area contributed by atoms with Crippen molar-refractivity contribution in [3.05, 3.63) is 48.3 Å². The van der Waals surface area contributed by atoms with Crippen molar-refractivity contribution >= 4 is 27.4 Å². The van der Waals surface area contributed by atoms with Gasteiger partial charge in [0.05, 0.1) is 23.1 Å². The van der Waals surface area contributed by atoms with Crippen LogP contribution in [0.25, 0.3) is 0 Å². The number of aromatic carboxylic acids is 1. The Hall–Kier alpha value is -2.61. The lowest BCUT2D eigenvalue weighted by molar-refractivity contribution is 0.0697. The van der Waals surface area contributed by atoms with Crippen molar-refractivity contribution < 1.29 is 18.3 Å². The Labute approximate surface area is 121 Å². The van der Waals surface area contributed by atoms with Gasteiger partial charge in [-0.2, -0.15) is 0 Å². The molecule has 0 unspecified atom stereocenters. The van der Waals surface area contributed by atoms with Crippen LogP contribution in [0.3, 0.4) is 0 Å². The number of carboxylic acid groups (broad SMARTS) is 1. The molecule has 0 radical (unpaired) electrons. The third-order valence-corrected chi connectivity index (χ3v) is 4.76. The molecule has 0 atom stereocenters. The summed E-state index contributed by atoms with van der Waals surface area (Å²) in [6.07, 6.45) is 2.93. The standard InChI is InChI=1S/C13H13N3O4S/c1-16(10-3-2-6-15-8-10)21(19,20)12-5-4-9(13(17)18)7-11(12)14/h2-8H,14H2,1H3,(H,17,18). The fraction of sp³-hybridized carbons (Fsp3) is 0.0769. The summed E-state index contributed by atoms with van der Waals surface area (Å²) in [6, 6.07) is 6.69. The minimum atomic E-state index is -3.89. The number of pyridine rings is 1. The zero-order valence-electron chi connectivity index (χ0n) is 11.1. The molecule has 2 rings (SSSR count). The number of anilines is 2. The van der Waals surface area contributed by atoms with Crippen molar-refractivity contribution in [2.24, 2.45) is 0 Å². The van der Waals surface area contributed by atoms with Gasteiger partial charge in [0.2, 0.25) is 0 Å². The Morgan fingerprint density at radius 1 is 1.33 bits per heavy atom. The highest BCUT2D eigenvalue weighted by Crippen LogP contribution is 2.26. The van der Waals surface area contributed by atoms with Crippen LogP contribution in [0, 0.1) is 0 Å². The minimum Gasteiger partial charge on any atom is -0.478 e. The third-order valence-electron chi connectivity index (χ3n) is 2.90. The lowest BCUT2D eigenvalue weighted by atomic mass is 10.2. The number of hydrogen-bond donors (Lipinski definition) is 2. The summed E-state index contributed by atoms with van der Waals surface area (Å²) in [5.41, 5.74) is 5.86. The molecular formula is C13H13N3O4S. The van der Waals surface area contributed by atoms with Crippen LogP contribution in [0.4, 0.5) is 11.4 Å². The number of rotatable bonds is 4. The normalized spacial score (nSPS) is 11.1. The molecule has 0 bridgehead atoms. The molecule has 1 aromatic carbocycles. The quantitative estimate of drug-likeness (QED) is 0.820. The minimum absolute atomic E-state index is 0.0736. The van der Waals surface area contributed by atoms with Crippen LogP contribution in [-0.2, 0) is 10.0 Å². The maximum Gasteiger partial charge on any atom is 0.335 e. The van der Waals surface area contributed by atoms with Gasteiger partial charge in [-0.1, -0.05) is 0 Å². The van der Waals surface area contributed by atoms with E-state index in [-0.39, 0.29) is 16.1 Å². The highest BCUT2D eigenvalue weighted by atomic mass is 32.2. The molecule has 21 heavy (non-hydrogen) atoms. The van der Waals surface area contributed by atoms with Crippen molar-refractivity contribution in [1.82, 2.24) is 4.98 Å². The highest BCUT2D eigenvalue weighted by Gasteiger charge is 2.24. The maximum atomic E-state index is 12.5. The first-order valence-corrected chi connectivity index (χ1v) is 7.30. The zero-order valence-corrected chi connectivity index (χ0v) is 11.9. The summed E-state index contributed by atoms with van der Waals surface area (Å²) >= 11 is 0. The van der Waals surface area contributed by atoms with Gasteiger partial charge in [-0.05, 0) is 30.3 Å². The summed E-state index contributed by atoms with van der Waals surface area (Å²) in [5, 5.41) is 8.87. The highest BCUT2D eigenvalue weighted by molar-refractivity contribution is 7.93. The molecular weight excluding hydrogens is 294 g/mol. The molecule has 0 spiro atoms. The average molecular weight is 307 g/mol. The second-order valence-electron chi connectivity index (χ2n) is 4.24. The predicted molar refractivity (Wildman–Crippen MR) is 77.6 cm³/mol. The molecule has 0 saturated heterocycles. The van der Waals surface area contributed by atoms with Gasteiger partial charge >= 0.3 is 5.97 Å². The molecule has 110 valence electrons. The second kappa shape index (κ2) is 5.41. The van der Waals surface area contributed by atoms with E-state index in [1.54, 1.807) is 12.1 Å². The summed E-state index contributed by atoms with van der Waals surface area (Å²) in [4.78, 5) is 14.5. The van der Waals surface area contributed by atoms with Gasteiger partial charge < -0.3 is 10.8 Å². The number of nitrogens with two attached hydrogens (primary N) is 1. The van der Waals surface area contributed by atoms with E-state index in [9.17, 15) is 13.2 Å². The Balaban J connectivity index is 2.47. The molecule has 3 N–H and O–H groups in total. The van der Waals surface area contributed by atoms with Gasteiger partial charge in [-0.3, -0.25) is 9.29 Å². The smallest absolute Gasteiger partial charge is 0.335 e. The van der Waals surface area contributed by atoms with Crippen LogP contribution < -0.4 is 10.0 Å². The molecule has 1 heterocycles. The summed E-state index contributed by atoms with van der Waals surface area (Å²) < 4.78 is 26.0. The fourth-order valence-electron chi connectivity index (χ4n) is 1.74. The van der Waals surface area contributed by atoms with E-state index in [0.29, 0.717) is 5.69 Å². The Kier molecular flexibility index (Phi) is 3.81. The van der Waals surface area contributed by atoms with E-state index in [4.69, 9.17) is 10.8 Å². The second-order valence-corrected chi connectivity index (χ2v) is 6.18. The summed E-state index contributed by atoms with van der Waals surface area (Å²) in [5.74, 6) is -1.17. The van der Waals surface area contributed by atoms with Gasteiger partial charge in [-0.15, -0.1) is 0 Å². The van der Waals surface area contributed by atoms with Crippen LogP contribution in [-0.4, -0.2) is 31.5 Å². The molecule has 7 nitrogen and oxygen atoms in total. The van der Waals surface area contributed by atoms with Crippen LogP contribution in [0.5, 0.6) is 0 Å². The number of hydrogen-bond acceptors (Lipinski definition) is 5. The van der Waals surface area contributed by atoms with Crippen molar-refractivity contribution in [2.75, 3.05) is 17.1 Å². The zero-order chi connectivity index (χ0) is 15.6. The van der Waals surface area contributed by atoms with Gasteiger partial charge in [0.15, 0.2) is 0 Å². The van der Waals surface area contributed by atoms with Crippen LogP contribution in [0.15, 0.2) is 47.6 Å². The molecule has 2 aromatic rings. The van der Waals surface area contributed by atoms with Crippen LogP contribution in [0.2, 0.25) is 0 Å². The number of carboxylic acids is 1. The molecule has 0 saturated carbocycles. The number of sulfonamides is 1. The van der Waals surface area contributed by atoms with Gasteiger partial charge in [0.1, 0.15) is 4.90 Å². The van der Waals surface area contributed by atoms with Crippen LogP contribution in [0.1, 0.15) is 10.4 Å². The van der Waals surface area contributed by atoms with E-state index in [1.807, 2.05) is 0 Å². The van der Waals surface area contributed by atoms with E-state index in [2.05, 4.69) is 4.98 Å². The first-order chi connectivity index (χ1) is 9.84. The molecule has 1 aromatic heterocycles. The summed E-state index contributed by atoms with van der Waals surface area (Å²) in [6.45, 7) is 0. The van der Waals surface area contributed by atoms with Crippen molar-refractivity contribution in [3.8, 4) is 0 Å². The summed E-state index contributed by atoms with van der Waals surface area (Å²) in [7, 11) is -2.52. The first kappa shape index (κ1) is 14.8. The SMILES string of the molecule is CN(c1cccnc1)S(=O)(=O)c1ccc(C(=O)O)cc1N. The van der Waals surface area contributed by atoms with Crippen LogP contribution >= 0.6 is 0 Å². The first-order valence-electron chi connectivity index (χ1n) is 5.86. The molecule has 0 aliphatic carbocycles. The molecule has 8 heteroatoms. The van der Waals surface area contributed by atoms with E-state index < -0.39 is 16.0 Å². The van der Waals surface area contributed by atoms with E-state index >= 15 is 0 Å². The molecule has 0 aliphatic rings. The predicted octanol–water partition coefficient (Wildman–Crippen LogP) is 1.19. The van der Waals surface area contributed by atoms with Gasteiger partial charge in [-0.25, -0.2) is 13.2 Å². The lowest BCUT2D eigenvalue weighted by Gasteiger charge is -2.20. The third kappa shape index (κ3) is 2.79. The van der Waals surface area contributed by atoms with E-state index in [0.717, 1.165) is 10.4 Å². The number of nitrogen functional groups attached to an aromatic ring is 1. The average Bonchev–Trinajstić information content (AvgIpc) is 2.46. The lowest BCUT2D eigenvalue weighted by Crippen LogP contribution is -2.27. The monoisotopic (exact) mass is 307 g/mol. The number of carbonyl (C=O) groups is 1. The largest absolute Gasteiger partial charge is 0.478 e. The van der Waals surface area contributed by atoms with Crippen molar-refractivity contribution in [1.29, 1.82) is 0 Å². The Bertz CT molecular complexity index is 775. The van der Waals surface area contributed by atoms with Gasteiger partial charge in [0.25, 0.3) is 10.0 Å². The topological polar surface area (TPSA) is 114 Å². The maximum absolute atomic E-state index is 12.5. The van der Waals surface area contributed by atoms with Crippen molar-refractivity contribution in [2.45, 2.75) is 4.90 Å². The Morgan fingerprint density at radius 3 is 2.57 bits per heavy atom. The molecule has 0 amide bonds. The van der Waals surface area contributed by atoms with Crippen molar-refractivity contribution in [3.63, 3.8) is 0 Å². The number of benzene rings is 1. The number of nitrogens with zero attached hydrogens (tertiary/aromatic N) is 2. The molecule has 0 aliphatic heterocycles. The van der Waals surface area contributed by atoms with Gasteiger partial charge in [0, 0.05) is 13.2 Å². The Morgan fingerprint density at radius 2 is 2.05 bits per heavy atom. The molecule has 0 fully saturated rings. The number of aromatic nitrogens is 1. The van der Waals surface area contributed by atoms with E-state index in [1.165, 1.54) is 31.6 Å². The fourth-order valence-corrected chi connectivity index (χ4v) is 3.02.